The molecule has 0 aliphatic carbocycles. The number of nitrogens with zero attached hydrogens (tertiary/aromatic N) is 2. The first kappa shape index (κ1) is 14.8. The molecule has 0 spiro atoms. The second-order valence-corrected chi connectivity index (χ2v) is 6.03. The summed E-state index contributed by atoms with van der Waals surface area (Å²) in [6, 6.07) is 21.4. The SMILES string of the molecule is C[C@@H]1/C(=N\O)C[C@@H](c2ccccc2)N(C)[C@H]1c1ccccc1. The van der Waals surface area contributed by atoms with E-state index in [1.165, 1.54) is 11.1 Å². The molecule has 0 aromatic heterocycles. The number of hydrogen-bond donors (Lipinski definition) is 1. The standard InChI is InChI=1S/C19H22N2O/c1-14-17(20-22)13-18(15-9-5-3-6-10-15)21(2)19(14)16-11-7-4-8-12-16/h3-12,14,18-19,22H,13H2,1-2H3/b20-17-/t14-,18+,19-/m1/s1. The van der Waals surface area contributed by atoms with Crippen LogP contribution in [-0.4, -0.2) is 22.9 Å². The summed E-state index contributed by atoms with van der Waals surface area (Å²) in [5.41, 5.74) is 3.40. The molecule has 3 nitrogen and oxygen atoms in total. The summed E-state index contributed by atoms with van der Waals surface area (Å²) < 4.78 is 0. The molecular weight excluding hydrogens is 272 g/mol. The fourth-order valence-corrected chi connectivity index (χ4v) is 3.59. The Labute approximate surface area is 131 Å². The summed E-state index contributed by atoms with van der Waals surface area (Å²) in [6.07, 6.45) is 0.765. The number of likely N-dealkylation sites (tertiary alicyclic amines) is 1. The van der Waals surface area contributed by atoms with Crippen LogP contribution in [0.25, 0.3) is 0 Å². The van der Waals surface area contributed by atoms with E-state index in [9.17, 15) is 5.21 Å². The van der Waals surface area contributed by atoms with Crippen LogP contribution in [-0.2, 0) is 0 Å². The average molecular weight is 294 g/mol. The second kappa shape index (κ2) is 6.32. The van der Waals surface area contributed by atoms with Crippen molar-refractivity contribution in [2.75, 3.05) is 7.05 Å². The third kappa shape index (κ3) is 2.64. The molecule has 2 aromatic rings. The van der Waals surface area contributed by atoms with Gasteiger partial charge in [0.25, 0.3) is 0 Å². The summed E-state index contributed by atoms with van der Waals surface area (Å²) in [6.45, 7) is 2.14. The van der Waals surface area contributed by atoms with Crippen molar-refractivity contribution in [2.24, 2.45) is 11.1 Å². The smallest absolute Gasteiger partial charge is 0.0636 e. The van der Waals surface area contributed by atoms with Gasteiger partial charge in [-0.3, -0.25) is 4.90 Å². The lowest BCUT2D eigenvalue weighted by atomic mass is 9.80. The highest BCUT2D eigenvalue weighted by atomic mass is 16.4. The van der Waals surface area contributed by atoms with Gasteiger partial charge in [0.2, 0.25) is 0 Å². The lowest BCUT2D eigenvalue weighted by Gasteiger charge is -2.44. The van der Waals surface area contributed by atoms with Crippen LogP contribution >= 0.6 is 0 Å². The van der Waals surface area contributed by atoms with E-state index in [2.05, 4.69) is 72.6 Å². The van der Waals surface area contributed by atoms with Gasteiger partial charge in [-0.2, -0.15) is 0 Å². The molecule has 0 radical (unpaired) electrons. The summed E-state index contributed by atoms with van der Waals surface area (Å²) in [4.78, 5) is 2.41. The predicted molar refractivity (Wildman–Crippen MR) is 89.1 cm³/mol. The zero-order valence-corrected chi connectivity index (χ0v) is 13.1. The molecular formula is C19H22N2O. The number of piperidine rings is 1. The van der Waals surface area contributed by atoms with Crippen molar-refractivity contribution in [3.05, 3.63) is 71.8 Å². The van der Waals surface area contributed by atoms with E-state index < -0.39 is 0 Å². The van der Waals surface area contributed by atoms with Gasteiger partial charge in [0.1, 0.15) is 0 Å². The van der Waals surface area contributed by atoms with Crippen molar-refractivity contribution in [3.63, 3.8) is 0 Å². The largest absolute Gasteiger partial charge is 0.411 e. The maximum Gasteiger partial charge on any atom is 0.0636 e. The first-order chi connectivity index (χ1) is 10.7. The van der Waals surface area contributed by atoms with Crippen LogP contribution in [0.4, 0.5) is 0 Å². The van der Waals surface area contributed by atoms with Gasteiger partial charge < -0.3 is 5.21 Å². The molecule has 1 fully saturated rings. The first-order valence-electron chi connectivity index (χ1n) is 7.75. The van der Waals surface area contributed by atoms with Crippen molar-refractivity contribution in [1.29, 1.82) is 0 Å². The molecule has 0 unspecified atom stereocenters. The Hall–Kier alpha value is -2.13. The maximum atomic E-state index is 9.45. The molecule has 1 heterocycles. The molecule has 0 bridgehead atoms. The van der Waals surface area contributed by atoms with Crippen molar-refractivity contribution >= 4 is 5.71 Å². The van der Waals surface area contributed by atoms with E-state index in [1.54, 1.807) is 0 Å². The molecule has 3 rings (SSSR count). The Kier molecular flexibility index (Phi) is 4.25. The van der Waals surface area contributed by atoms with Gasteiger partial charge in [0.15, 0.2) is 0 Å². The Bertz CT molecular complexity index is 639. The van der Waals surface area contributed by atoms with Gasteiger partial charge in [-0.05, 0) is 18.2 Å². The van der Waals surface area contributed by atoms with E-state index in [-0.39, 0.29) is 18.0 Å². The van der Waals surface area contributed by atoms with Gasteiger partial charge >= 0.3 is 0 Å². The lowest BCUT2D eigenvalue weighted by molar-refractivity contribution is 0.128. The summed E-state index contributed by atoms with van der Waals surface area (Å²) in [5, 5.41) is 13.1. The fourth-order valence-electron chi connectivity index (χ4n) is 3.59. The highest BCUT2D eigenvalue weighted by Crippen LogP contribution is 2.42. The fraction of sp³-hybridized carbons (Fsp3) is 0.316. The predicted octanol–water partition coefficient (Wildman–Crippen LogP) is 4.27. The molecule has 3 atom stereocenters. The second-order valence-electron chi connectivity index (χ2n) is 6.03. The number of oxime groups is 1. The number of benzene rings is 2. The normalized spacial score (nSPS) is 27.9. The molecule has 1 aliphatic rings. The van der Waals surface area contributed by atoms with Crippen LogP contribution < -0.4 is 0 Å². The minimum atomic E-state index is 0.192. The Morgan fingerprint density at radius 3 is 2.05 bits per heavy atom. The maximum absolute atomic E-state index is 9.45. The van der Waals surface area contributed by atoms with Gasteiger partial charge in [0, 0.05) is 24.4 Å². The Balaban J connectivity index is 2.01. The summed E-state index contributed by atoms with van der Waals surface area (Å²) in [7, 11) is 2.17. The molecule has 22 heavy (non-hydrogen) atoms. The van der Waals surface area contributed by atoms with E-state index in [4.69, 9.17) is 0 Å². The van der Waals surface area contributed by atoms with Crippen LogP contribution in [0.1, 0.15) is 36.6 Å². The van der Waals surface area contributed by atoms with E-state index >= 15 is 0 Å². The van der Waals surface area contributed by atoms with Crippen molar-refractivity contribution in [2.45, 2.75) is 25.4 Å². The number of hydrogen-bond acceptors (Lipinski definition) is 3. The van der Waals surface area contributed by atoms with Crippen LogP contribution in [0.5, 0.6) is 0 Å². The van der Waals surface area contributed by atoms with Crippen molar-refractivity contribution in [3.8, 4) is 0 Å². The summed E-state index contributed by atoms with van der Waals surface area (Å²) in [5.74, 6) is 0.192. The van der Waals surface area contributed by atoms with Gasteiger partial charge in [-0.1, -0.05) is 72.7 Å². The Morgan fingerprint density at radius 2 is 1.50 bits per heavy atom. The average Bonchev–Trinajstić information content (AvgIpc) is 2.57. The minimum absolute atomic E-state index is 0.192. The highest BCUT2D eigenvalue weighted by molar-refractivity contribution is 5.88. The van der Waals surface area contributed by atoms with Crippen LogP contribution in [0.15, 0.2) is 65.8 Å². The van der Waals surface area contributed by atoms with E-state index in [0.717, 1.165) is 12.1 Å². The van der Waals surface area contributed by atoms with Crippen LogP contribution in [0, 0.1) is 5.92 Å². The molecule has 1 saturated heterocycles. The van der Waals surface area contributed by atoms with Crippen LogP contribution in [0.2, 0.25) is 0 Å². The lowest BCUT2D eigenvalue weighted by Crippen LogP contribution is -2.42. The highest BCUT2D eigenvalue weighted by Gasteiger charge is 2.38. The van der Waals surface area contributed by atoms with Crippen molar-refractivity contribution < 1.29 is 5.21 Å². The topological polar surface area (TPSA) is 35.8 Å². The third-order valence-electron chi connectivity index (χ3n) is 4.79. The third-order valence-corrected chi connectivity index (χ3v) is 4.79. The molecule has 2 aromatic carbocycles. The Morgan fingerprint density at radius 1 is 0.955 bits per heavy atom. The van der Waals surface area contributed by atoms with Crippen molar-refractivity contribution in [1.82, 2.24) is 4.90 Å². The van der Waals surface area contributed by atoms with E-state index in [1.807, 2.05) is 12.1 Å². The number of rotatable bonds is 2. The van der Waals surface area contributed by atoms with Crippen LogP contribution in [0.3, 0.4) is 0 Å². The quantitative estimate of drug-likeness (QED) is 0.663. The molecule has 1 N–H and O–H groups in total. The summed E-state index contributed by atoms with van der Waals surface area (Å²) >= 11 is 0. The molecule has 3 heteroatoms. The molecule has 114 valence electrons. The molecule has 1 aliphatic heterocycles. The van der Waals surface area contributed by atoms with Gasteiger partial charge in [-0.15, -0.1) is 0 Å². The zero-order chi connectivity index (χ0) is 15.5. The first-order valence-corrected chi connectivity index (χ1v) is 7.75. The molecule has 0 amide bonds. The van der Waals surface area contributed by atoms with E-state index in [0.29, 0.717) is 0 Å². The van der Waals surface area contributed by atoms with Gasteiger partial charge in [-0.25, -0.2) is 0 Å². The molecule has 0 saturated carbocycles. The minimum Gasteiger partial charge on any atom is -0.411 e. The zero-order valence-electron chi connectivity index (χ0n) is 13.1. The van der Waals surface area contributed by atoms with Gasteiger partial charge in [0.05, 0.1) is 5.71 Å². The monoisotopic (exact) mass is 294 g/mol.